The van der Waals surface area contributed by atoms with Gasteiger partial charge in [0.1, 0.15) is 0 Å². The second-order valence-electron chi connectivity index (χ2n) is 5.32. The van der Waals surface area contributed by atoms with Crippen LogP contribution in [0.4, 0.5) is 0 Å². The lowest BCUT2D eigenvalue weighted by Crippen LogP contribution is -2.37. The SMILES string of the molecule is C[C@H]1CC[C@@H](NCC2CC2)C[C@@H]1C. The van der Waals surface area contributed by atoms with Gasteiger partial charge in [-0.15, -0.1) is 0 Å². The molecule has 0 radical (unpaired) electrons. The summed E-state index contributed by atoms with van der Waals surface area (Å²) >= 11 is 0. The minimum absolute atomic E-state index is 0.840. The van der Waals surface area contributed by atoms with E-state index in [1.807, 2.05) is 0 Å². The van der Waals surface area contributed by atoms with E-state index >= 15 is 0 Å². The molecule has 0 aromatic carbocycles. The molecule has 0 amide bonds. The van der Waals surface area contributed by atoms with E-state index in [1.54, 1.807) is 0 Å². The van der Waals surface area contributed by atoms with E-state index in [9.17, 15) is 0 Å². The third-order valence-electron chi connectivity index (χ3n) is 3.99. The van der Waals surface area contributed by atoms with Crippen molar-refractivity contribution in [1.82, 2.24) is 5.32 Å². The van der Waals surface area contributed by atoms with Crippen molar-refractivity contribution in [2.45, 2.75) is 52.0 Å². The Morgan fingerprint density at radius 3 is 2.38 bits per heavy atom. The third-order valence-corrected chi connectivity index (χ3v) is 3.99. The Hall–Kier alpha value is -0.0400. The fourth-order valence-corrected chi connectivity index (χ4v) is 2.39. The second-order valence-corrected chi connectivity index (χ2v) is 5.32. The van der Waals surface area contributed by atoms with Crippen LogP contribution in [0.15, 0.2) is 0 Å². The lowest BCUT2D eigenvalue weighted by atomic mass is 9.79. The maximum absolute atomic E-state index is 3.73. The Bertz CT molecular complexity index is 163. The quantitative estimate of drug-likeness (QED) is 0.706. The third kappa shape index (κ3) is 2.70. The van der Waals surface area contributed by atoms with Crippen LogP contribution in [0.5, 0.6) is 0 Å². The first kappa shape index (κ1) is 9.51. The zero-order chi connectivity index (χ0) is 9.26. The molecule has 2 rings (SSSR count). The normalized spacial score (nSPS) is 40.6. The van der Waals surface area contributed by atoms with Gasteiger partial charge in [-0.3, -0.25) is 0 Å². The monoisotopic (exact) mass is 181 g/mol. The topological polar surface area (TPSA) is 12.0 Å². The zero-order valence-electron chi connectivity index (χ0n) is 9.05. The molecule has 0 aromatic heterocycles. The summed E-state index contributed by atoms with van der Waals surface area (Å²) < 4.78 is 0. The highest BCUT2D eigenvalue weighted by Crippen LogP contribution is 2.31. The lowest BCUT2D eigenvalue weighted by molar-refractivity contribution is 0.225. The molecule has 1 nitrogen and oxygen atoms in total. The molecule has 0 spiro atoms. The van der Waals surface area contributed by atoms with Gasteiger partial charge in [0.25, 0.3) is 0 Å². The van der Waals surface area contributed by atoms with Gasteiger partial charge >= 0.3 is 0 Å². The average molecular weight is 181 g/mol. The average Bonchev–Trinajstić information content (AvgIpc) is 2.91. The summed E-state index contributed by atoms with van der Waals surface area (Å²) in [6, 6.07) is 0.840. The minimum atomic E-state index is 0.840. The van der Waals surface area contributed by atoms with E-state index in [0.717, 1.165) is 23.8 Å². The van der Waals surface area contributed by atoms with Gasteiger partial charge in [0.2, 0.25) is 0 Å². The van der Waals surface area contributed by atoms with Crippen molar-refractivity contribution in [3.63, 3.8) is 0 Å². The molecule has 2 fully saturated rings. The molecule has 0 saturated heterocycles. The summed E-state index contributed by atoms with van der Waals surface area (Å²) in [7, 11) is 0. The highest BCUT2D eigenvalue weighted by Gasteiger charge is 2.26. The van der Waals surface area contributed by atoms with E-state index in [4.69, 9.17) is 0 Å². The van der Waals surface area contributed by atoms with Gasteiger partial charge < -0.3 is 5.32 Å². The standard InChI is InChI=1S/C12H23N/c1-9-3-6-12(7-10(9)2)13-8-11-4-5-11/h9-13H,3-8H2,1-2H3/t9-,10-,12+/m0/s1. The molecule has 2 aliphatic rings. The van der Waals surface area contributed by atoms with Crippen LogP contribution >= 0.6 is 0 Å². The zero-order valence-corrected chi connectivity index (χ0v) is 9.05. The molecule has 76 valence electrons. The van der Waals surface area contributed by atoms with Crippen LogP contribution in [0.2, 0.25) is 0 Å². The number of rotatable bonds is 3. The predicted molar refractivity (Wildman–Crippen MR) is 56.7 cm³/mol. The van der Waals surface area contributed by atoms with Crippen LogP contribution in [0.25, 0.3) is 0 Å². The first-order chi connectivity index (χ1) is 6.25. The molecular formula is C12H23N. The minimum Gasteiger partial charge on any atom is -0.314 e. The van der Waals surface area contributed by atoms with E-state index < -0.39 is 0 Å². The molecule has 2 saturated carbocycles. The number of nitrogens with one attached hydrogen (secondary N) is 1. The molecule has 1 heteroatoms. The molecule has 13 heavy (non-hydrogen) atoms. The summed E-state index contributed by atoms with van der Waals surface area (Å²) in [6.45, 7) is 6.11. The van der Waals surface area contributed by atoms with Crippen molar-refractivity contribution in [2.75, 3.05) is 6.54 Å². The van der Waals surface area contributed by atoms with Gasteiger partial charge in [-0.05, 0) is 56.4 Å². The molecule has 1 N–H and O–H groups in total. The largest absolute Gasteiger partial charge is 0.314 e. The first-order valence-electron chi connectivity index (χ1n) is 5.99. The highest BCUT2D eigenvalue weighted by atomic mass is 14.9. The maximum Gasteiger partial charge on any atom is 0.00699 e. The Morgan fingerprint density at radius 2 is 1.77 bits per heavy atom. The van der Waals surface area contributed by atoms with Crippen LogP contribution in [0, 0.1) is 17.8 Å². The van der Waals surface area contributed by atoms with Crippen LogP contribution < -0.4 is 5.32 Å². The predicted octanol–water partition coefficient (Wildman–Crippen LogP) is 2.81. The van der Waals surface area contributed by atoms with Crippen LogP contribution in [0.3, 0.4) is 0 Å². The molecule has 0 unspecified atom stereocenters. The Morgan fingerprint density at radius 1 is 1.00 bits per heavy atom. The van der Waals surface area contributed by atoms with Gasteiger partial charge in [-0.1, -0.05) is 13.8 Å². The van der Waals surface area contributed by atoms with Gasteiger partial charge in [0, 0.05) is 6.04 Å². The summed E-state index contributed by atoms with van der Waals surface area (Å²) in [6.07, 6.45) is 7.22. The number of hydrogen-bond donors (Lipinski definition) is 1. The van der Waals surface area contributed by atoms with E-state index in [1.165, 1.54) is 38.6 Å². The van der Waals surface area contributed by atoms with Crippen LogP contribution in [-0.4, -0.2) is 12.6 Å². The molecule has 0 heterocycles. The highest BCUT2D eigenvalue weighted by molar-refractivity contribution is 4.83. The van der Waals surface area contributed by atoms with Gasteiger partial charge in [0.15, 0.2) is 0 Å². The van der Waals surface area contributed by atoms with Gasteiger partial charge in [0.05, 0.1) is 0 Å². The van der Waals surface area contributed by atoms with Gasteiger partial charge in [-0.2, -0.15) is 0 Å². The summed E-state index contributed by atoms with van der Waals surface area (Å²) in [5, 5.41) is 3.73. The van der Waals surface area contributed by atoms with Crippen molar-refractivity contribution < 1.29 is 0 Å². The Kier molecular flexibility index (Phi) is 2.92. The molecule has 0 aromatic rings. The van der Waals surface area contributed by atoms with E-state index in [0.29, 0.717) is 0 Å². The van der Waals surface area contributed by atoms with Crippen molar-refractivity contribution in [2.24, 2.45) is 17.8 Å². The Labute approximate surface area is 82.3 Å². The molecule has 2 aliphatic carbocycles. The summed E-state index contributed by atoms with van der Waals surface area (Å²) in [5.74, 6) is 2.93. The van der Waals surface area contributed by atoms with Crippen molar-refractivity contribution in [1.29, 1.82) is 0 Å². The summed E-state index contributed by atoms with van der Waals surface area (Å²) in [5.41, 5.74) is 0. The van der Waals surface area contributed by atoms with Crippen LogP contribution in [-0.2, 0) is 0 Å². The molecule has 0 aliphatic heterocycles. The summed E-state index contributed by atoms with van der Waals surface area (Å²) in [4.78, 5) is 0. The van der Waals surface area contributed by atoms with Crippen molar-refractivity contribution in [3.05, 3.63) is 0 Å². The number of hydrogen-bond acceptors (Lipinski definition) is 1. The van der Waals surface area contributed by atoms with Gasteiger partial charge in [-0.25, -0.2) is 0 Å². The van der Waals surface area contributed by atoms with Crippen molar-refractivity contribution in [3.8, 4) is 0 Å². The molecule has 0 bridgehead atoms. The Balaban J connectivity index is 1.68. The fraction of sp³-hybridized carbons (Fsp3) is 1.00. The van der Waals surface area contributed by atoms with E-state index in [-0.39, 0.29) is 0 Å². The van der Waals surface area contributed by atoms with Crippen molar-refractivity contribution >= 4 is 0 Å². The molecule has 3 atom stereocenters. The maximum atomic E-state index is 3.73. The van der Waals surface area contributed by atoms with E-state index in [2.05, 4.69) is 19.2 Å². The lowest BCUT2D eigenvalue weighted by Gasteiger charge is -2.32. The van der Waals surface area contributed by atoms with Crippen LogP contribution in [0.1, 0.15) is 46.0 Å². The molecular weight excluding hydrogens is 158 g/mol. The fourth-order valence-electron chi connectivity index (χ4n) is 2.39. The first-order valence-corrected chi connectivity index (χ1v) is 5.99. The second kappa shape index (κ2) is 4.00. The smallest absolute Gasteiger partial charge is 0.00699 e.